The van der Waals surface area contributed by atoms with E-state index in [2.05, 4.69) is 27.4 Å². The van der Waals surface area contributed by atoms with Crippen molar-refractivity contribution in [1.29, 1.82) is 0 Å². The lowest BCUT2D eigenvalue weighted by atomic mass is 10.1. The quantitative estimate of drug-likeness (QED) is 0.674. The zero-order valence-electron chi connectivity index (χ0n) is 9.59. The van der Waals surface area contributed by atoms with Crippen LogP contribution in [-0.2, 0) is 7.05 Å². The Morgan fingerprint density at radius 3 is 2.89 bits per heavy atom. The fraction of sp³-hybridized carbons (Fsp3) is 0.154. The average Bonchev–Trinajstić information content (AvgIpc) is 2.98. The minimum atomic E-state index is -0.330. The Bertz CT molecular complexity index is 742. The van der Waals surface area contributed by atoms with Crippen LogP contribution in [0.2, 0.25) is 0 Å². The maximum atomic E-state index is 11.4. The molecule has 0 radical (unpaired) electrons. The predicted octanol–water partition coefficient (Wildman–Crippen LogP) is 3.68. The zero-order valence-corrected chi connectivity index (χ0v) is 12.0. The summed E-state index contributed by atoms with van der Waals surface area (Å²) in [5, 5.41) is 4.15. The van der Waals surface area contributed by atoms with Crippen LogP contribution in [0.1, 0.15) is 16.0 Å². The van der Waals surface area contributed by atoms with Gasteiger partial charge in [-0.1, -0.05) is 22.0 Å². The Balaban J connectivity index is 2.11. The number of oxazole rings is 1. The van der Waals surface area contributed by atoms with Gasteiger partial charge < -0.3 is 4.42 Å². The van der Waals surface area contributed by atoms with Crippen molar-refractivity contribution in [1.82, 2.24) is 4.57 Å². The summed E-state index contributed by atoms with van der Waals surface area (Å²) < 4.78 is 6.70. The third kappa shape index (κ3) is 1.83. The molecule has 0 aliphatic heterocycles. The van der Waals surface area contributed by atoms with Gasteiger partial charge in [-0.25, -0.2) is 4.79 Å². The SMILES string of the molecule is Cn1c(=O)oc2cc(C(Br)c3ccsc3)ccc21. The molecule has 0 N–H and O–H groups in total. The second kappa shape index (κ2) is 4.40. The van der Waals surface area contributed by atoms with E-state index in [9.17, 15) is 4.79 Å². The molecule has 5 heteroatoms. The van der Waals surface area contributed by atoms with Crippen LogP contribution < -0.4 is 5.76 Å². The number of thiophene rings is 1. The van der Waals surface area contributed by atoms with Gasteiger partial charge in [-0.05, 0) is 40.1 Å². The second-order valence-electron chi connectivity index (χ2n) is 4.07. The molecule has 1 aromatic carbocycles. The van der Waals surface area contributed by atoms with E-state index < -0.39 is 0 Å². The summed E-state index contributed by atoms with van der Waals surface area (Å²) in [6.45, 7) is 0. The molecule has 3 aromatic rings. The summed E-state index contributed by atoms with van der Waals surface area (Å²) in [6, 6.07) is 7.91. The summed E-state index contributed by atoms with van der Waals surface area (Å²) in [7, 11) is 1.71. The fourth-order valence-corrected chi connectivity index (χ4v) is 3.35. The van der Waals surface area contributed by atoms with Gasteiger partial charge in [-0.3, -0.25) is 4.57 Å². The molecule has 1 atom stereocenters. The minimum absolute atomic E-state index is 0.124. The first-order valence-electron chi connectivity index (χ1n) is 5.42. The van der Waals surface area contributed by atoms with E-state index >= 15 is 0 Å². The number of aromatic nitrogens is 1. The molecule has 3 nitrogen and oxygen atoms in total. The van der Waals surface area contributed by atoms with E-state index in [-0.39, 0.29) is 10.6 Å². The standard InChI is InChI=1S/C13H10BrNO2S/c1-15-10-3-2-8(6-11(10)17-13(15)16)12(14)9-4-5-18-7-9/h2-7,12H,1H3. The van der Waals surface area contributed by atoms with Gasteiger partial charge in [-0.2, -0.15) is 11.3 Å². The monoisotopic (exact) mass is 323 g/mol. The molecule has 2 aromatic heterocycles. The molecular weight excluding hydrogens is 314 g/mol. The zero-order chi connectivity index (χ0) is 12.7. The molecule has 0 amide bonds. The topological polar surface area (TPSA) is 35.1 Å². The molecule has 0 saturated carbocycles. The smallest absolute Gasteiger partial charge is 0.408 e. The lowest BCUT2D eigenvalue weighted by Gasteiger charge is -2.07. The highest BCUT2D eigenvalue weighted by Crippen LogP contribution is 2.33. The van der Waals surface area contributed by atoms with Gasteiger partial charge in [-0.15, -0.1) is 0 Å². The second-order valence-corrected chi connectivity index (χ2v) is 5.77. The summed E-state index contributed by atoms with van der Waals surface area (Å²) >= 11 is 5.33. The molecule has 3 rings (SSSR count). The van der Waals surface area contributed by atoms with Crippen molar-refractivity contribution in [3.8, 4) is 0 Å². The fourth-order valence-electron chi connectivity index (χ4n) is 1.92. The van der Waals surface area contributed by atoms with Gasteiger partial charge in [0.25, 0.3) is 0 Å². The Kier molecular flexibility index (Phi) is 2.87. The summed E-state index contributed by atoms with van der Waals surface area (Å²) in [4.78, 5) is 11.6. The van der Waals surface area contributed by atoms with Crippen molar-refractivity contribution in [3.05, 3.63) is 56.7 Å². The number of benzene rings is 1. The van der Waals surface area contributed by atoms with Crippen molar-refractivity contribution < 1.29 is 4.42 Å². The van der Waals surface area contributed by atoms with Crippen molar-refractivity contribution in [3.63, 3.8) is 0 Å². The van der Waals surface area contributed by atoms with E-state index in [1.165, 1.54) is 10.1 Å². The van der Waals surface area contributed by atoms with E-state index in [4.69, 9.17) is 4.42 Å². The number of halogens is 1. The number of aryl methyl sites for hydroxylation is 1. The average molecular weight is 324 g/mol. The molecule has 0 bridgehead atoms. The van der Waals surface area contributed by atoms with Crippen LogP contribution in [0.3, 0.4) is 0 Å². The van der Waals surface area contributed by atoms with Crippen molar-refractivity contribution >= 4 is 38.4 Å². The van der Waals surface area contributed by atoms with E-state index in [1.807, 2.05) is 23.6 Å². The van der Waals surface area contributed by atoms with Crippen LogP contribution in [0.25, 0.3) is 11.1 Å². The van der Waals surface area contributed by atoms with Gasteiger partial charge in [0, 0.05) is 7.05 Å². The number of nitrogens with zero attached hydrogens (tertiary/aromatic N) is 1. The van der Waals surface area contributed by atoms with Crippen LogP contribution in [-0.4, -0.2) is 4.57 Å². The molecule has 0 saturated heterocycles. The van der Waals surface area contributed by atoms with Crippen LogP contribution in [0.15, 0.2) is 44.2 Å². The molecule has 92 valence electrons. The maximum absolute atomic E-state index is 11.4. The molecule has 0 aliphatic rings. The Morgan fingerprint density at radius 1 is 1.33 bits per heavy atom. The Labute approximate surface area is 116 Å². The van der Waals surface area contributed by atoms with Crippen LogP contribution >= 0.6 is 27.3 Å². The van der Waals surface area contributed by atoms with Crippen LogP contribution in [0.4, 0.5) is 0 Å². The van der Waals surface area contributed by atoms with Gasteiger partial charge in [0.05, 0.1) is 10.3 Å². The molecule has 2 heterocycles. The first-order chi connectivity index (χ1) is 8.66. The Morgan fingerprint density at radius 2 is 2.17 bits per heavy atom. The minimum Gasteiger partial charge on any atom is -0.408 e. The third-order valence-corrected chi connectivity index (χ3v) is 4.70. The van der Waals surface area contributed by atoms with Gasteiger partial charge in [0.1, 0.15) is 0 Å². The van der Waals surface area contributed by atoms with Crippen molar-refractivity contribution in [2.45, 2.75) is 4.83 Å². The number of hydrogen-bond donors (Lipinski definition) is 0. The number of alkyl halides is 1. The Hall–Kier alpha value is -1.33. The molecular formula is C13H10BrNO2S. The summed E-state index contributed by atoms with van der Waals surface area (Å²) in [6.07, 6.45) is 0. The molecule has 0 aliphatic carbocycles. The number of hydrogen-bond acceptors (Lipinski definition) is 3. The van der Waals surface area contributed by atoms with Gasteiger partial charge in [0.2, 0.25) is 0 Å². The van der Waals surface area contributed by atoms with Gasteiger partial charge in [0.15, 0.2) is 5.58 Å². The highest BCUT2D eigenvalue weighted by Gasteiger charge is 2.13. The predicted molar refractivity (Wildman–Crippen MR) is 76.5 cm³/mol. The lowest BCUT2D eigenvalue weighted by Crippen LogP contribution is -2.08. The molecule has 0 fully saturated rings. The lowest BCUT2D eigenvalue weighted by molar-refractivity contribution is 0.528. The summed E-state index contributed by atoms with van der Waals surface area (Å²) in [5.74, 6) is -0.330. The van der Waals surface area contributed by atoms with E-state index in [0.717, 1.165) is 11.1 Å². The molecule has 18 heavy (non-hydrogen) atoms. The van der Waals surface area contributed by atoms with E-state index in [1.54, 1.807) is 18.4 Å². The van der Waals surface area contributed by atoms with Gasteiger partial charge >= 0.3 is 5.76 Å². The molecule has 1 unspecified atom stereocenters. The first kappa shape index (κ1) is 11.7. The summed E-state index contributed by atoms with van der Waals surface area (Å²) in [5.41, 5.74) is 3.72. The van der Waals surface area contributed by atoms with Crippen LogP contribution in [0, 0.1) is 0 Å². The van der Waals surface area contributed by atoms with Crippen LogP contribution in [0.5, 0.6) is 0 Å². The molecule has 0 spiro atoms. The highest BCUT2D eigenvalue weighted by molar-refractivity contribution is 9.09. The number of fused-ring (bicyclic) bond motifs is 1. The normalized spacial score (nSPS) is 13.0. The van der Waals surface area contributed by atoms with Crippen molar-refractivity contribution in [2.75, 3.05) is 0 Å². The first-order valence-corrected chi connectivity index (χ1v) is 7.28. The van der Waals surface area contributed by atoms with Crippen molar-refractivity contribution in [2.24, 2.45) is 7.05 Å². The number of rotatable bonds is 2. The highest BCUT2D eigenvalue weighted by atomic mass is 79.9. The third-order valence-electron chi connectivity index (χ3n) is 2.94. The van der Waals surface area contributed by atoms with E-state index in [0.29, 0.717) is 5.58 Å². The maximum Gasteiger partial charge on any atom is 0.419 e. The largest absolute Gasteiger partial charge is 0.419 e.